The van der Waals surface area contributed by atoms with Crippen molar-refractivity contribution < 1.29 is 31.6 Å². The molecule has 0 bridgehead atoms. The number of rotatable bonds is 9. The van der Waals surface area contributed by atoms with Crippen molar-refractivity contribution in [1.82, 2.24) is 19.4 Å². The smallest absolute Gasteiger partial charge is 0.383 e. The molecule has 10 nitrogen and oxygen atoms in total. The van der Waals surface area contributed by atoms with Crippen molar-refractivity contribution >= 4 is 39.9 Å². The highest BCUT2D eigenvalue weighted by Gasteiger charge is 2.38. The van der Waals surface area contributed by atoms with Gasteiger partial charge in [-0.05, 0) is 31.9 Å². The first kappa shape index (κ1) is 22.3. The Kier molecular flexibility index (Phi) is 6.18. The first-order valence-corrected chi connectivity index (χ1v) is 11.4. The average Bonchev–Trinajstić information content (AvgIpc) is 3.64. The van der Waals surface area contributed by atoms with Gasteiger partial charge >= 0.3 is 6.18 Å². The molecular weight excluding hydrogens is 493 g/mol. The predicted octanol–water partition coefficient (Wildman–Crippen LogP) is 3.42. The molecule has 37 heavy (non-hydrogen) atoms. The maximum Gasteiger partial charge on any atom is 0.408 e. The maximum absolute atomic E-state index is 13.5. The van der Waals surface area contributed by atoms with Gasteiger partial charge in [0.1, 0.15) is 17.4 Å². The number of methoxy groups -OCH3 is 1. The normalized spacial score (nSPS) is 16.0. The molecule has 0 radical (unpaired) electrons. The summed E-state index contributed by atoms with van der Waals surface area (Å²) in [4.78, 5) is 42.9. The number of nitrogens with one attached hydrogen (secondary N) is 3. The number of hydrogen-bond acceptors (Lipinski definition) is 6. The average molecular weight is 524 g/mol. The summed E-state index contributed by atoms with van der Waals surface area (Å²) in [6.45, 7) is -1.54. The molecule has 2 amide bonds. The number of pyridine rings is 2. The summed E-state index contributed by atoms with van der Waals surface area (Å²) in [7, 11) is 1.47. The molecule has 0 aromatic carbocycles. The van der Waals surface area contributed by atoms with E-state index in [1.807, 2.05) is 5.32 Å². The lowest BCUT2D eigenvalue weighted by atomic mass is 10.1. The van der Waals surface area contributed by atoms with Crippen LogP contribution in [0.5, 0.6) is 0 Å². The van der Waals surface area contributed by atoms with E-state index in [2.05, 4.69) is 15.6 Å². The Morgan fingerprint density at radius 2 is 2.05 bits per heavy atom. The second-order valence-corrected chi connectivity index (χ2v) is 8.66. The second kappa shape index (κ2) is 10.2. The number of fused-ring (bicyclic) bond motifs is 1. The summed E-state index contributed by atoms with van der Waals surface area (Å²) in [5.74, 6) is -1.96. The van der Waals surface area contributed by atoms with E-state index >= 15 is 0 Å². The minimum absolute atomic E-state index is 0.0349. The van der Waals surface area contributed by atoms with Crippen LogP contribution in [0.15, 0.2) is 35.5 Å². The zero-order valence-corrected chi connectivity index (χ0v) is 20.0. The molecule has 3 heterocycles. The zero-order chi connectivity index (χ0) is 29.4. The van der Waals surface area contributed by atoms with Crippen LogP contribution in [0.1, 0.15) is 40.3 Å². The highest BCUT2D eigenvalue weighted by molar-refractivity contribution is 6.08. The Hall–Kier alpha value is -3.87. The molecule has 3 aromatic heterocycles. The van der Waals surface area contributed by atoms with E-state index < -0.39 is 36.6 Å². The molecule has 4 rings (SSSR count). The van der Waals surface area contributed by atoms with Crippen LogP contribution in [0.4, 0.5) is 30.4 Å². The number of alkyl halides is 3. The van der Waals surface area contributed by atoms with Gasteiger partial charge in [-0.15, -0.1) is 0 Å². The fourth-order valence-corrected chi connectivity index (χ4v) is 3.92. The van der Waals surface area contributed by atoms with E-state index in [0.29, 0.717) is 22.9 Å². The molecule has 1 aliphatic carbocycles. The molecule has 1 saturated carbocycles. The summed E-state index contributed by atoms with van der Waals surface area (Å²) >= 11 is 0. The van der Waals surface area contributed by atoms with Crippen LogP contribution in [0.2, 0.25) is 0 Å². The summed E-state index contributed by atoms with van der Waals surface area (Å²) in [6.07, 6.45) is 0.411. The zero-order valence-electron chi connectivity index (χ0n) is 23.0. The van der Waals surface area contributed by atoms with Crippen molar-refractivity contribution in [3.63, 3.8) is 0 Å². The topological polar surface area (TPSA) is 119 Å². The second-order valence-electron chi connectivity index (χ2n) is 8.66. The van der Waals surface area contributed by atoms with Crippen LogP contribution in [-0.4, -0.2) is 52.8 Å². The lowest BCUT2D eigenvalue weighted by Crippen LogP contribution is -2.32. The lowest BCUT2D eigenvalue weighted by molar-refractivity contribution is -0.163. The Morgan fingerprint density at radius 1 is 1.30 bits per heavy atom. The maximum atomic E-state index is 13.5. The van der Waals surface area contributed by atoms with Crippen LogP contribution in [0.25, 0.3) is 10.9 Å². The third-order valence-corrected chi connectivity index (χ3v) is 6.14. The number of nitrogens with zero attached hydrogens (tertiary/aromatic N) is 3. The summed E-state index contributed by atoms with van der Waals surface area (Å²) in [6, 6.07) is 0.570. The van der Waals surface area contributed by atoms with Crippen LogP contribution in [-0.2, 0) is 16.1 Å². The van der Waals surface area contributed by atoms with Gasteiger partial charge in [-0.2, -0.15) is 13.2 Å². The highest BCUT2D eigenvalue weighted by atomic mass is 19.4. The van der Waals surface area contributed by atoms with Gasteiger partial charge in [0.05, 0.1) is 28.9 Å². The van der Waals surface area contributed by atoms with Gasteiger partial charge in [0, 0.05) is 49.3 Å². The molecular formula is C24H27F3N6O4. The van der Waals surface area contributed by atoms with Crippen LogP contribution >= 0.6 is 0 Å². The van der Waals surface area contributed by atoms with E-state index in [1.165, 1.54) is 31.6 Å². The number of hydrogen-bond donors (Lipinski definition) is 3. The van der Waals surface area contributed by atoms with E-state index in [0.717, 1.165) is 13.1 Å². The standard InChI is InChI=1S/C24H27F3N6O4/c1-13(24(25,26)27)33-9-7-17-18(23(33)36)16(12-32(17)10-11-37-3)30-15-6-8-29-20(19(15)22(35)28-2)31-21(34)14-4-5-14/h6-9,12-14H,4-5,10-11H2,1-3H3,(H,28,35)(H2,29,30,31,34)/i2D3. The fourth-order valence-electron chi connectivity index (χ4n) is 3.92. The summed E-state index contributed by atoms with van der Waals surface area (Å²) in [5, 5.41) is 7.19. The minimum atomic E-state index is -4.69. The first-order chi connectivity index (χ1) is 18.7. The fraction of sp³-hybridized carbons (Fsp3) is 0.417. The molecule has 13 heteroatoms. The third kappa shape index (κ3) is 5.31. The van der Waals surface area contributed by atoms with Gasteiger partial charge in [0.25, 0.3) is 11.5 Å². The van der Waals surface area contributed by atoms with E-state index in [1.54, 1.807) is 4.57 Å². The molecule has 1 atom stereocenters. The van der Waals surface area contributed by atoms with E-state index in [4.69, 9.17) is 8.85 Å². The molecule has 1 unspecified atom stereocenters. The molecule has 0 spiro atoms. The minimum Gasteiger partial charge on any atom is -0.383 e. The lowest BCUT2D eigenvalue weighted by Gasteiger charge is -2.19. The van der Waals surface area contributed by atoms with Gasteiger partial charge in [-0.25, -0.2) is 4.98 Å². The number of ether oxygens (including phenoxy) is 1. The van der Waals surface area contributed by atoms with Gasteiger partial charge in [-0.1, -0.05) is 0 Å². The number of carbonyl (C=O) groups excluding carboxylic acids is 2. The molecule has 0 aliphatic heterocycles. The summed E-state index contributed by atoms with van der Waals surface area (Å²) in [5.41, 5.74) is -0.947. The molecule has 3 aromatic rings. The number of amides is 2. The largest absolute Gasteiger partial charge is 0.408 e. The van der Waals surface area contributed by atoms with Crippen molar-refractivity contribution in [1.29, 1.82) is 0 Å². The first-order valence-electron chi connectivity index (χ1n) is 12.9. The van der Waals surface area contributed by atoms with Crippen molar-refractivity contribution in [3.8, 4) is 0 Å². The molecule has 0 saturated heterocycles. The van der Waals surface area contributed by atoms with Crippen LogP contribution in [0.3, 0.4) is 0 Å². The van der Waals surface area contributed by atoms with E-state index in [9.17, 15) is 27.6 Å². The van der Waals surface area contributed by atoms with Crippen LogP contribution < -0.4 is 21.5 Å². The number of aromatic nitrogens is 3. The number of halogens is 3. The molecule has 3 N–H and O–H groups in total. The van der Waals surface area contributed by atoms with Crippen LogP contribution in [0, 0.1) is 5.92 Å². The Morgan fingerprint density at radius 3 is 2.70 bits per heavy atom. The Labute approximate surface area is 214 Å². The number of anilines is 3. The van der Waals surface area contributed by atoms with Gasteiger partial charge in [0.2, 0.25) is 5.91 Å². The third-order valence-electron chi connectivity index (χ3n) is 6.14. The molecule has 198 valence electrons. The summed E-state index contributed by atoms with van der Waals surface area (Å²) < 4.78 is 70.0. The van der Waals surface area contributed by atoms with Crippen molar-refractivity contribution in [2.45, 2.75) is 38.5 Å². The predicted molar refractivity (Wildman–Crippen MR) is 131 cm³/mol. The monoisotopic (exact) mass is 523 g/mol. The quantitative estimate of drug-likeness (QED) is 0.396. The van der Waals surface area contributed by atoms with Crippen molar-refractivity contribution in [2.24, 2.45) is 5.92 Å². The van der Waals surface area contributed by atoms with E-state index in [-0.39, 0.29) is 47.2 Å². The Balaban J connectivity index is 1.86. The van der Waals surface area contributed by atoms with Crippen molar-refractivity contribution in [2.75, 3.05) is 31.3 Å². The van der Waals surface area contributed by atoms with Gasteiger partial charge in [0.15, 0.2) is 0 Å². The van der Waals surface area contributed by atoms with Gasteiger partial charge < -0.3 is 29.8 Å². The van der Waals surface area contributed by atoms with Crippen molar-refractivity contribution in [3.05, 3.63) is 46.6 Å². The number of carbonyl (C=O) groups is 2. The highest BCUT2D eigenvalue weighted by Crippen LogP contribution is 2.34. The SMILES string of the molecule is [2H]C([2H])([2H])NC(=O)c1c(Nc2cn(CCOC)c3ccn(C(C)C(F)(F)F)c(=O)c23)ccnc1NC(=O)C1CC1. The molecule has 1 aliphatic rings. The molecule has 1 fully saturated rings. The van der Waals surface area contributed by atoms with Gasteiger partial charge in [-0.3, -0.25) is 14.4 Å². The Bertz CT molecular complexity index is 1500.